The number of carbonyl (C=O) groups is 2. The standard InChI is InChI=1S/C25H29N5O3/c1-15-12-25(24(32)30(15)21-14-33-23(31)16(21)2)9-7-17(8-10-25)3-4-18-5-6-20-19(11-18)13-29-22(20)26-27-28-29/h5-6,11,15,17H,3-4,7-10,12-14H2,1-2H3/t15-,17?,25?/m1/s1. The first-order chi connectivity index (χ1) is 15.9. The number of amides is 1. The molecule has 4 aliphatic rings. The van der Waals surface area contributed by atoms with Crippen molar-refractivity contribution in [3.8, 4) is 11.4 Å². The van der Waals surface area contributed by atoms with Gasteiger partial charge in [0.1, 0.15) is 6.61 Å². The Kier molecular flexibility index (Phi) is 4.67. The summed E-state index contributed by atoms with van der Waals surface area (Å²) in [5.41, 5.74) is 4.88. The Morgan fingerprint density at radius 1 is 1.21 bits per heavy atom. The van der Waals surface area contributed by atoms with E-state index in [0.29, 0.717) is 11.5 Å². The molecule has 172 valence electrons. The maximum absolute atomic E-state index is 13.5. The zero-order valence-electron chi connectivity index (χ0n) is 19.2. The van der Waals surface area contributed by atoms with E-state index >= 15 is 0 Å². The molecule has 6 rings (SSSR count). The van der Waals surface area contributed by atoms with Crippen molar-refractivity contribution in [3.05, 3.63) is 40.6 Å². The number of esters is 1. The minimum Gasteiger partial charge on any atom is -0.456 e. The molecule has 1 atom stereocenters. The van der Waals surface area contributed by atoms with Crippen molar-refractivity contribution in [2.75, 3.05) is 6.61 Å². The van der Waals surface area contributed by atoms with Crippen LogP contribution in [-0.2, 0) is 27.3 Å². The molecular formula is C25H29N5O3. The second-order valence-corrected chi connectivity index (χ2v) is 10.3. The van der Waals surface area contributed by atoms with Crippen molar-refractivity contribution in [2.24, 2.45) is 11.3 Å². The lowest BCUT2D eigenvalue weighted by atomic mass is 9.68. The van der Waals surface area contributed by atoms with Crippen LogP contribution < -0.4 is 0 Å². The van der Waals surface area contributed by atoms with Crippen molar-refractivity contribution < 1.29 is 14.3 Å². The molecule has 33 heavy (non-hydrogen) atoms. The molecule has 8 nitrogen and oxygen atoms in total. The van der Waals surface area contributed by atoms with Crippen molar-refractivity contribution in [1.29, 1.82) is 0 Å². The van der Waals surface area contributed by atoms with E-state index in [2.05, 4.69) is 40.6 Å². The number of hydrogen-bond acceptors (Lipinski definition) is 6. The Morgan fingerprint density at radius 3 is 2.79 bits per heavy atom. The number of nitrogens with zero attached hydrogens (tertiary/aromatic N) is 5. The summed E-state index contributed by atoms with van der Waals surface area (Å²) in [7, 11) is 0. The maximum atomic E-state index is 13.5. The Bertz CT molecular complexity index is 1170. The quantitative estimate of drug-likeness (QED) is 0.570. The zero-order chi connectivity index (χ0) is 22.7. The van der Waals surface area contributed by atoms with Crippen LogP contribution in [0.15, 0.2) is 29.5 Å². The molecule has 3 aliphatic heterocycles. The number of likely N-dealkylation sites (tertiary alicyclic amines) is 1. The van der Waals surface area contributed by atoms with E-state index in [9.17, 15) is 9.59 Å². The summed E-state index contributed by atoms with van der Waals surface area (Å²) in [6.07, 6.45) is 7.17. The van der Waals surface area contributed by atoms with Gasteiger partial charge in [0, 0.05) is 11.6 Å². The number of fused-ring (bicyclic) bond motifs is 3. The molecule has 2 aromatic rings. The fraction of sp³-hybridized carbons (Fsp3) is 0.560. The van der Waals surface area contributed by atoms with Crippen molar-refractivity contribution in [3.63, 3.8) is 0 Å². The number of aromatic nitrogens is 4. The van der Waals surface area contributed by atoms with Gasteiger partial charge in [0.25, 0.3) is 0 Å². The monoisotopic (exact) mass is 447 g/mol. The lowest BCUT2D eigenvalue weighted by Crippen LogP contribution is -2.38. The number of aryl methyl sites for hydroxylation is 1. The number of tetrazole rings is 1. The van der Waals surface area contributed by atoms with E-state index in [1.807, 2.05) is 9.58 Å². The van der Waals surface area contributed by atoms with Crippen molar-refractivity contribution in [1.82, 2.24) is 25.1 Å². The summed E-state index contributed by atoms with van der Waals surface area (Å²) in [6, 6.07) is 6.77. The summed E-state index contributed by atoms with van der Waals surface area (Å²) < 4.78 is 7.03. The topological polar surface area (TPSA) is 90.2 Å². The molecular weight excluding hydrogens is 418 g/mol. The summed E-state index contributed by atoms with van der Waals surface area (Å²) >= 11 is 0. The fourth-order valence-electron chi connectivity index (χ4n) is 6.43. The van der Waals surface area contributed by atoms with Gasteiger partial charge in [-0.1, -0.05) is 18.2 Å². The minimum absolute atomic E-state index is 0.124. The second kappa shape index (κ2) is 7.50. The molecule has 0 N–H and O–H groups in total. The highest BCUT2D eigenvalue weighted by Gasteiger charge is 2.53. The second-order valence-electron chi connectivity index (χ2n) is 10.3. The van der Waals surface area contributed by atoms with Gasteiger partial charge in [-0.2, -0.15) is 0 Å². The van der Waals surface area contributed by atoms with Crippen LogP contribution in [0, 0.1) is 11.3 Å². The Hall–Kier alpha value is -3.03. The molecule has 4 heterocycles. The predicted molar refractivity (Wildman–Crippen MR) is 120 cm³/mol. The van der Waals surface area contributed by atoms with Gasteiger partial charge in [-0.3, -0.25) is 4.79 Å². The first-order valence-electron chi connectivity index (χ1n) is 12.0. The van der Waals surface area contributed by atoms with Crippen LogP contribution in [0.3, 0.4) is 0 Å². The highest BCUT2D eigenvalue weighted by atomic mass is 16.5. The third kappa shape index (κ3) is 3.21. The van der Waals surface area contributed by atoms with Crippen LogP contribution >= 0.6 is 0 Å². The molecule has 0 radical (unpaired) electrons. The fourth-order valence-corrected chi connectivity index (χ4v) is 6.43. The van der Waals surface area contributed by atoms with Crippen LogP contribution in [-0.4, -0.2) is 49.6 Å². The lowest BCUT2D eigenvalue weighted by molar-refractivity contribution is -0.138. The number of carbonyl (C=O) groups excluding carboxylic acids is 2. The Labute approximate surface area is 193 Å². The molecule has 1 saturated carbocycles. The highest BCUT2D eigenvalue weighted by molar-refractivity contribution is 5.94. The third-order valence-electron chi connectivity index (χ3n) is 8.34. The van der Waals surface area contributed by atoms with E-state index in [-0.39, 0.29) is 29.9 Å². The normalized spacial score (nSPS) is 28.6. The lowest BCUT2D eigenvalue weighted by Gasteiger charge is -2.36. The van der Waals surface area contributed by atoms with Crippen LogP contribution in [0.1, 0.15) is 63.5 Å². The van der Waals surface area contributed by atoms with Crippen LogP contribution in [0.25, 0.3) is 11.4 Å². The van der Waals surface area contributed by atoms with E-state index in [1.54, 1.807) is 6.92 Å². The van der Waals surface area contributed by atoms with Gasteiger partial charge in [0.15, 0.2) is 5.82 Å². The molecule has 1 saturated heterocycles. The summed E-state index contributed by atoms with van der Waals surface area (Å²) in [4.78, 5) is 27.2. The molecule has 0 unspecified atom stereocenters. The third-order valence-corrected chi connectivity index (χ3v) is 8.34. The van der Waals surface area contributed by atoms with Crippen LogP contribution in [0.5, 0.6) is 0 Å². The minimum atomic E-state index is -0.293. The van der Waals surface area contributed by atoms with Gasteiger partial charge in [0.2, 0.25) is 5.91 Å². The van der Waals surface area contributed by atoms with Crippen molar-refractivity contribution in [2.45, 2.75) is 71.4 Å². The van der Waals surface area contributed by atoms with Gasteiger partial charge in [-0.15, -0.1) is 5.10 Å². The first kappa shape index (κ1) is 20.6. The number of rotatable bonds is 4. The summed E-state index contributed by atoms with van der Waals surface area (Å²) in [6.45, 7) is 4.86. The van der Waals surface area contributed by atoms with E-state index in [0.717, 1.165) is 68.6 Å². The number of benzene rings is 1. The largest absolute Gasteiger partial charge is 0.456 e. The smallest absolute Gasteiger partial charge is 0.336 e. The van der Waals surface area contributed by atoms with E-state index in [4.69, 9.17) is 4.74 Å². The molecule has 1 aromatic carbocycles. The SMILES string of the molecule is CC1=C(N2C(=O)C3(CCC(CCc4ccc5c(c4)Cn4nnnc4-5)CC3)C[C@H]2C)COC1=O. The Balaban J connectivity index is 1.08. The van der Waals surface area contributed by atoms with Gasteiger partial charge in [-0.05, 0) is 86.3 Å². The molecule has 0 bridgehead atoms. The van der Waals surface area contributed by atoms with Gasteiger partial charge >= 0.3 is 5.97 Å². The first-order valence-corrected chi connectivity index (χ1v) is 12.0. The van der Waals surface area contributed by atoms with Crippen molar-refractivity contribution >= 4 is 11.9 Å². The molecule has 8 heteroatoms. The molecule has 2 fully saturated rings. The number of hydrogen-bond donors (Lipinski definition) is 0. The zero-order valence-corrected chi connectivity index (χ0v) is 19.2. The van der Waals surface area contributed by atoms with Crippen LogP contribution in [0.4, 0.5) is 0 Å². The summed E-state index contributed by atoms with van der Waals surface area (Å²) in [5, 5.41) is 11.9. The van der Waals surface area contributed by atoms with Gasteiger partial charge < -0.3 is 9.64 Å². The van der Waals surface area contributed by atoms with E-state index < -0.39 is 0 Å². The molecule has 1 amide bonds. The molecule has 1 aromatic heterocycles. The van der Waals surface area contributed by atoms with E-state index in [1.165, 1.54) is 11.1 Å². The number of cyclic esters (lactones) is 1. The Morgan fingerprint density at radius 2 is 2.03 bits per heavy atom. The van der Waals surface area contributed by atoms with Crippen LogP contribution in [0.2, 0.25) is 0 Å². The average Bonchev–Trinajstić information content (AvgIpc) is 3.53. The molecule has 1 aliphatic carbocycles. The highest BCUT2D eigenvalue weighted by Crippen LogP contribution is 2.50. The van der Waals surface area contributed by atoms with Gasteiger partial charge in [0.05, 0.1) is 23.2 Å². The predicted octanol–water partition coefficient (Wildman–Crippen LogP) is 3.26. The van der Waals surface area contributed by atoms with Gasteiger partial charge in [-0.25, -0.2) is 9.48 Å². The average molecular weight is 448 g/mol. The maximum Gasteiger partial charge on any atom is 0.336 e. The number of ether oxygens (including phenoxy) is 1. The molecule has 1 spiro atoms. The summed E-state index contributed by atoms with van der Waals surface area (Å²) in [5.74, 6) is 1.43.